The van der Waals surface area contributed by atoms with E-state index in [4.69, 9.17) is 6.42 Å². The molecule has 0 aromatic rings. The summed E-state index contributed by atoms with van der Waals surface area (Å²) in [6.07, 6.45) is 7.68. The highest BCUT2D eigenvalue weighted by molar-refractivity contribution is 8.04. The summed E-state index contributed by atoms with van der Waals surface area (Å²) in [5.41, 5.74) is 0.00792. The van der Waals surface area contributed by atoms with Gasteiger partial charge in [0.05, 0.1) is 4.91 Å². The quantitative estimate of drug-likeness (QED) is 0.459. The van der Waals surface area contributed by atoms with E-state index in [-0.39, 0.29) is 5.50 Å². The first-order chi connectivity index (χ1) is 5.69. The molecular weight excluding hydrogens is 172 g/mol. The normalized spacial score (nSPS) is 22.3. The zero-order valence-corrected chi connectivity index (χ0v) is 7.84. The van der Waals surface area contributed by atoms with Crippen molar-refractivity contribution in [2.45, 2.75) is 5.50 Å². The van der Waals surface area contributed by atoms with Gasteiger partial charge < -0.3 is 0 Å². The number of hydrogen-bond donors (Lipinski definition) is 0. The predicted molar refractivity (Wildman–Crippen MR) is 49.9 cm³/mol. The summed E-state index contributed by atoms with van der Waals surface area (Å²) in [4.78, 5) is 14.8. The zero-order valence-electron chi connectivity index (χ0n) is 7.02. The molecule has 0 radical (unpaired) electrons. The van der Waals surface area contributed by atoms with Crippen LogP contribution >= 0.6 is 11.8 Å². The fraction of sp³-hybridized carbons (Fsp3) is 0.375. The molecule has 0 aromatic carbocycles. The minimum absolute atomic E-state index is 0.00792. The lowest BCUT2D eigenvalue weighted by Crippen LogP contribution is -2.35. The van der Waals surface area contributed by atoms with Crippen molar-refractivity contribution in [3.05, 3.63) is 11.1 Å². The van der Waals surface area contributed by atoms with Crippen molar-refractivity contribution in [2.75, 3.05) is 14.1 Å². The first-order valence-electron chi connectivity index (χ1n) is 3.43. The van der Waals surface area contributed by atoms with E-state index in [0.717, 1.165) is 11.3 Å². The van der Waals surface area contributed by atoms with Gasteiger partial charge in [0.1, 0.15) is 5.50 Å². The summed E-state index contributed by atoms with van der Waals surface area (Å²) >= 11 is 1.50. The van der Waals surface area contributed by atoms with Gasteiger partial charge in [-0.25, -0.2) is 0 Å². The molecule has 64 valence electrons. The molecule has 1 rings (SSSR count). The molecule has 0 aromatic heterocycles. The van der Waals surface area contributed by atoms with E-state index in [1.54, 1.807) is 11.1 Å². The number of carbonyl (C=O) groups excluding carboxylic acids is 1. The summed E-state index contributed by atoms with van der Waals surface area (Å²) in [5.74, 6) is 2.51. The van der Waals surface area contributed by atoms with Crippen molar-refractivity contribution in [2.24, 2.45) is 0 Å². The van der Waals surface area contributed by atoms with E-state index in [1.807, 2.05) is 19.0 Å². The molecule has 0 N–H and O–H groups in total. The van der Waals surface area contributed by atoms with Crippen LogP contribution in [0.3, 0.4) is 0 Å². The van der Waals surface area contributed by atoms with Gasteiger partial charge >= 0.3 is 0 Å². The van der Waals surface area contributed by atoms with Crippen LogP contribution < -0.4 is 0 Å². The Bertz CT molecular complexity index is 254. The molecule has 1 atom stereocenters. The third-order valence-corrected chi connectivity index (χ3v) is 2.81. The van der Waals surface area contributed by atoms with Crippen LogP contribution in [0.2, 0.25) is 0 Å². The molecular formula is C8H10N2OS. The SMILES string of the molecule is C#CC1=CN(C=O)C(N(C)C)S1. The molecule has 1 amide bonds. The number of allylic oxidation sites excluding steroid dienone is 1. The van der Waals surface area contributed by atoms with Gasteiger partial charge in [-0.1, -0.05) is 17.7 Å². The minimum atomic E-state index is 0.00792. The number of carbonyl (C=O) groups is 1. The Kier molecular flexibility index (Phi) is 2.79. The molecule has 0 spiro atoms. The maximum Gasteiger partial charge on any atom is 0.215 e. The van der Waals surface area contributed by atoms with Crippen molar-refractivity contribution < 1.29 is 4.79 Å². The molecule has 0 saturated heterocycles. The predicted octanol–water partition coefficient (Wildman–Crippen LogP) is 0.511. The molecule has 3 nitrogen and oxygen atoms in total. The number of rotatable bonds is 2. The topological polar surface area (TPSA) is 23.6 Å². The largest absolute Gasteiger partial charge is 0.294 e. The average molecular weight is 182 g/mol. The number of thioether (sulfide) groups is 1. The van der Waals surface area contributed by atoms with Crippen LogP contribution in [0, 0.1) is 12.3 Å². The molecule has 12 heavy (non-hydrogen) atoms. The smallest absolute Gasteiger partial charge is 0.215 e. The second-order valence-corrected chi connectivity index (χ2v) is 3.70. The first-order valence-corrected chi connectivity index (χ1v) is 4.31. The molecule has 1 aliphatic rings. The average Bonchev–Trinajstić information content (AvgIpc) is 2.47. The van der Waals surface area contributed by atoms with Gasteiger partial charge in [-0.15, -0.1) is 6.42 Å². The van der Waals surface area contributed by atoms with Crippen molar-refractivity contribution in [1.29, 1.82) is 0 Å². The number of nitrogens with zero attached hydrogens (tertiary/aromatic N) is 2. The van der Waals surface area contributed by atoms with Crippen molar-refractivity contribution in [3.63, 3.8) is 0 Å². The fourth-order valence-corrected chi connectivity index (χ4v) is 1.85. The second kappa shape index (κ2) is 3.65. The third-order valence-electron chi connectivity index (χ3n) is 1.46. The minimum Gasteiger partial charge on any atom is -0.294 e. The second-order valence-electron chi connectivity index (χ2n) is 2.60. The summed E-state index contributed by atoms with van der Waals surface area (Å²) in [6.45, 7) is 0. The Morgan fingerprint density at radius 2 is 2.50 bits per heavy atom. The molecule has 1 unspecified atom stereocenters. The Labute approximate surface area is 76.4 Å². The lowest BCUT2D eigenvalue weighted by molar-refractivity contribution is -0.117. The fourth-order valence-electron chi connectivity index (χ4n) is 0.930. The third kappa shape index (κ3) is 1.63. The monoisotopic (exact) mass is 182 g/mol. The van der Waals surface area contributed by atoms with E-state index < -0.39 is 0 Å². The Balaban J connectivity index is 2.74. The summed E-state index contributed by atoms with van der Waals surface area (Å²) in [6, 6.07) is 0. The molecule has 0 fully saturated rings. The Hall–Kier alpha value is -0.920. The van der Waals surface area contributed by atoms with Crippen LogP contribution in [0.25, 0.3) is 0 Å². The van der Waals surface area contributed by atoms with Gasteiger partial charge in [-0.3, -0.25) is 14.6 Å². The number of hydrogen-bond acceptors (Lipinski definition) is 3. The standard InChI is InChI=1S/C8H10N2OS/c1-4-7-5-10(6-11)8(12-7)9(2)3/h1,5-6,8H,2-3H3. The van der Waals surface area contributed by atoms with Crippen LogP contribution in [0.15, 0.2) is 11.1 Å². The van der Waals surface area contributed by atoms with Crippen LogP contribution in [0.1, 0.15) is 0 Å². The van der Waals surface area contributed by atoms with E-state index in [2.05, 4.69) is 5.92 Å². The van der Waals surface area contributed by atoms with Crippen LogP contribution in [-0.4, -0.2) is 35.8 Å². The molecule has 0 aliphatic carbocycles. The van der Waals surface area contributed by atoms with Gasteiger partial charge in [-0.05, 0) is 14.1 Å². The highest BCUT2D eigenvalue weighted by Gasteiger charge is 2.25. The number of terminal acetylenes is 1. The highest BCUT2D eigenvalue weighted by Crippen LogP contribution is 2.31. The molecule has 0 bridgehead atoms. The molecule has 0 saturated carbocycles. The molecule has 1 aliphatic heterocycles. The van der Waals surface area contributed by atoms with Crippen LogP contribution in [0.4, 0.5) is 0 Å². The highest BCUT2D eigenvalue weighted by atomic mass is 32.2. The number of amides is 1. The van der Waals surface area contributed by atoms with E-state index in [9.17, 15) is 4.79 Å². The first kappa shape index (κ1) is 9.17. The van der Waals surface area contributed by atoms with Gasteiger partial charge in [0.15, 0.2) is 0 Å². The van der Waals surface area contributed by atoms with Gasteiger partial charge in [0.2, 0.25) is 6.41 Å². The van der Waals surface area contributed by atoms with E-state index in [1.165, 1.54) is 11.8 Å². The van der Waals surface area contributed by atoms with E-state index in [0.29, 0.717) is 0 Å². The van der Waals surface area contributed by atoms with Crippen LogP contribution in [0.5, 0.6) is 0 Å². The molecule has 4 heteroatoms. The maximum absolute atomic E-state index is 10.6. The van der Waals surface area contributed by atoms with Crippen molar-refractivity contribution in [3.8, 4) is 12.3 Å². The Morgan fingerprint density at radius 1 is 1.83 bits per heavy atom. The maximum atomic E-state index is 10.6. The zero-order chi connectivity index (χ0) is 9.14. The Morgan fingerprint density at radius 3 is 2.83 bits per heavy atom. The van der Waals surface area contributed by atoms with E-state index >= 15 is 0 Å². The summed E-state index contributed by atoms with van der Waals surface area (Å²) in [5, 5.41) is 0. The van der Waals surface area contributed by atoms with Gasteiger partial charge in [-0.2, -0.15) is 0 Å². The van der Waals surface area contributed by atoms with Crippen LogP contribution in [-0.2, 0) is 4.79 Å². The van der Waals surface area contributed by atoms with Crippen molar-refractivity contribution in [1.82, 2.24) is 9.80 Å². The summed E-state index contributed by atoms with van der Waals surface area (Å²) in [7, 11) is 3.81. The van der Waals surface area contributed by atoms with Gasteiger partial charge in [0, 0.05) is 6.20 Å². The lowest BCUT2D eigenvalue weighted by Gasteiger charge is -2.24. The van der Waals surface area contributed by atoms with Gasteiger partial charge in [0.25, 0.3) is 0 Å². The lowest BCUT2D eigenvalue weighted by atomic mass is 10.6. The summed E-state index contributed by atoms with van der Waals surface area (Å²) < 4.78 is 0. The molecule has 1 heterocycles. The van der Waals surface area contributed by atoms with Crippen molar-refractivity contribution >= 4 is 18.2 Å².